The van der Waals surface area contributed by atoms with Crippen molar-refractivity contribution in [3.8, 4) is 0 Å². The van der Waals surface area contributed by atoms with Gasteiger partial charge in [0.2, 0.25) is 0 Å². The van der Waals surface area contributed by atoms with Crippen LogP contribution in [0, 0.1) is 0 Å². The molecule has 0 radical (unpaired) electrons. The first-order valence-corrected chi connectivity index (χ1v) is 4.31. The van der Waals surface area contributed by atoms with Gasteiger partial charge >= 0.3 is 41.5 Å². The Morgan fingerprint density at radius 3 is 1.59 bits per heavy atom. The molecule has 0 aliphatic heterocycles. The first-order chi connectivity index (χ1) is 7.52. The second kappa shape index (κ2) is 10.2. The monoisotopic (exact) mass is 252 g/mol. The fraction of sp³-hybridized carbons (Fsp3) is 0.200. The van der Waals surface area contributed by atoms with Crippen LogP contribution in [0.15, 0.2) is 24.3 Å². The maximum absolute atomic E-state index is 10.4. The van der Waals surface area contributed by atoms with E-state index in [0.29, 0.717) is 0 Å². The van der Waals surface area contributed by atoms with Crippen LogP contribution in [0.25, 0.3) is 0 Å². The first kappa shape index (κ1) is 18.4. The molecule has 17 heavy (non-hydrogen) atoms. The topological polar surface area (TPSA) is 115 Å². The van der Waals surface area contributed by atoms with Crippen LogP contribution >= 0.6 is 0 Å². The number of aliphatic hydroxyl groups is 2. The third kappa shape index (κ3) is 7.89. The Hall–Kier alpha value is -0.920. The van der Waals surface area contributed by atoms with E-state index in [2.05, 4.69) is 0 Å². The Bertz CT molecular complexity index is 340. The molecule has 0 atom stereocenters. The molecule has 0 saturated heterocycles. The standard InChI is InChI=1S/C8H6O4.C2H6O2.Na.H/c9-7(10)5-2-1-3-6(4-5)8(11)12;3-1-2-4;;/h1-4H,(H,9,10)(H,11,12);3-4H,1-2H2;;/q;;+1;-1. The van der Waals surface area contributed by atoms with Gasteiger partial charge in [0.25, 0.3) is 0 Å². The van der Waals surface area contributed by atoms with Crippen LogP contribution in [0.3, 0.4) is 0 Å². The van der Waals surface area contributed by atoms with Gasteiger partial charge in [-0.15, -0.1) is 0 Å². The molecule has 1 aromatic carbocycles. The molecule has 0 spiro atoms. The number of carboxylic acid groups (broad SMARTS) is 2. The second-order valence-electron chi connectivity index (χ2n) is 2.64. The average Bonchev–Trinajstić information content (AvgIpc) is 2.29. The molecule has 0 fully saturated rings. The van der Waals surface area contributed by atoms with Gasteiger partial charge in [-0.25, -0.2) is 9.59 Å². The smallest absolute Gasteiger partial charge is 1.00 e. The van der Waals surface area contributed by atoms with Gasteiger partial charge in [0.15, 0.2) is 0 Å². The minimum atomic E-state index is -1.13. The maximum atomic E-state index is 10.4. The van der Waals surface area contributed by atoms with Crippen LogP contribution < -0.4 is 29.6 Å². The summed E-state index contributed by atoms with van der Waals surface area (Å²) >= 11 is 0. The molecular formula is C10H13NaO6. The fourth-order valence-electron chi connectivity index (χ4n) is 0.785. The zero-order chi connectivity index (χ0) is 12.6. The SMILES string of the molecule is O=C(O)c1cccc(C(=O)O)c1.OCCO.[H-].[Na+]. The zero-order valence-corrected chi connectivity index (χ0v) is 11.3. The maximum Gasteiger partial charge on any atom is 1.00 e. The molecule has 1 rings (SSSR count). The zero-order valence-electron chi connectivity index (χ0n) is 10.3. The van der Waals surface area contributed by atoms with Crippen LogP contribution in [-0.4, -0.2) is 45.6 Å². The Balaban J connectivity index is -0.000000332. The Kier molecular flexibility index (Phi) is 11.1. The van der Waals surface area contributed by atoms with E-state index in [1.54, 1.807) is 0 Å². The van der Waals surface area contributed by atoms with E-state index >= 15 is 0 Å². The molecule has 0 saturated carbocycles. The van der Waals surface area contributed by atoms with Gasteiger partial charge in [0.05, 0.1) is 24.3 Å². The molecule has 0 amide bonds. The summed E-state index contributed by atoms with van der Waals surface area (Å²) in [6.45, 7) is -0.250. The van der Waals surface area contributed by atoms with Crippen molar-refractivity contribution in [3.63, 3.8) is 0 Å². The van der Waals surface area contributed by atoms with E-state index in [9.17, 15) is 9.59 Å². The molecule has 6 nitrogen and oxygen atoms in total. The van der Waals surface area contributed by atoms with Gasteiger partial charge < -0.3 is 21.9 Å². The van der Waals surface area contributed by atoms with Gasteiger partial charge in [-0.05, 0) is 18.2 Å². The van der Waals surface area contributed by atoms with E-state index in [4.69, 9.17) is 20.4 Å². The number of carboxylic acids is 2. The van der Waals surface area contributed by atoms with Gasteiger partial charge in [0, 0.05) is 0 Å². The van der Waals surface area contributed by atoms with Gasteiger partial charge in [-0.1, -0.05) is 6.07 Å². The number of aromatic carboxylic acids is 2. The summed E-state index contributed by atoms with van der Waals surface area (Å²) in [5.41, 5.74) is -0.0372. The van der Waals surface area contributed by atoms with E-state index in [0.717, 1.165) is 6.07 Å². The fourth-order valence-corrected chi connectivity index (χ4v) is 0.785. The summed E-state index contributed by atoms with van der Waals surface area (Å²) in [4.78, 5) is 20.8. The van der Waals surface area contributed by atoms with Crippen molar-refractivity contribution < 1.29 is 61.0 Å². The molecule has 0 aliphatic rings. The van der Waals surface area contributed by atoms with Crippen LogP contribution in [0.5, 0.6) is 0 Å². The largest absolute Gasteiger partial charge is 1.00 e. The third-order valence-electron chi connectivity index (χ3n) is 1.46. The number of rotatable bonds is 3. The van der Waals surface area contributed by atoms with Gasteiger partial charge in [-0.2, -0.15) is 0 Å². The second-order valence-corrected chi connectivity index (χ2v) is 2.64. The number of benzene rings is 1. The molecule has 90 valence electrons. The van der Waals surface area contributed by atoms with Crippen molar-refractivity contribution in [1.82, 2.24) is 0 Å². The minimum absolute atomic E-state index is 0. The number of hydrogen-bond acceptors (Lipinski definition) is 4. The van der Waals surface area contributed by atoms with Gasteiger partial charge in [-0.3, -0.25) is 0 Å². The minimum Gasteiger partial charge on any atom is -1.00 e. The summed E-state index contributed by atoms with van der Waals surface area (Å²) < 4.78 is 0. The molecule has 7 heteroatoms. The number of carbonyl (C=O) groups is 2. The Morgan fingerprint density at radius 1 is 1.00 bits per heavy atom. The Labute approximate surface area is 121 Å². The predicted octanol–water partition coefficient (Wildman–Crippen LogP) is -2.83. The Morgan fingerprint density at radius 2 is 1.35 bits per heavy atom. The molecule has 1 aromatic rings. The van der Waals surface area contributed by atoms with Crippen molar-refractivity contribution in [2.45, 2.75) is 0 Å². The van der Waals surface area contributed by atoms with E-state index in [-0.39, 0.29) is 55.3 Å². The summed E-state index contributed by atoms with van der Waals surface area (Å²) in [6, 6.07) is 5.20. The van der Waals surface area contributed by atoms with E-state index < -0.39 is 11.9 Å². The van der Waals surface area contributed by atoms with Crippen LogP contribution in [0.1, 0.15) is 22.1 Å². The van der Waals surface area contributed by atoms with Crippen LogP contribution in [-0.2, 0) is 0 Å². The van der Waals surface area contributed by atoms with E-state index in [1.165, 1.54) is 18.2 Å². The molecule has 0 bridgehead atoms. The molecule has 0 aliphatic carbocycles. The van der Waals surface area contributed by atoms with Crippen molar-refractivity contribution in [3.05, 3.63) is 35.4 Å². The summed E-state index contributed by atoms with van der Waals surface area (Å²) in [6.07, 6.45) is 0. The van der Waals surface area contributed by atoms with Crippen LogP contribution in [0.2, 0.25) is 0 Å². The van der Waals surface area contributed by atoms with Crippen molar-refractivity contribution >= 4 is 11.9 Å². The molecule has 0 heterocycles. The van der Waals surface area contributed by atoms with Crippen LogP contribution in [0.4, 0.5) is 0 Å². The summed E-state index contributed by atoms with van der Waals surface area (Å²) in [7, 11) is 0. The molecule has 0 aromatic heterocycles. The van der Waals surface area contributed by atoms with Crippen molar-refractivity contribution in [2.75, 3.05) is 13.2 Å². The van der Waals surface area contributed by atoms with Crippen molar-refractivity contribution in [2.24, 2.45) is 0 Å². The molecular weight excluding hydrogens is 239 g/mol. The van der Waals surface area contributed by atoms with Crippen molar-refractivity contribution in [1.29, 1.82) is 0 Å². The van der Waals surface area contributed by atoms with Gasteiger partial charge in [0.1, 0.15) is 0 Å². The normalized spacial score (nSPS) is 8.35. The summed E-state index contributed by atoms with van der Waals surface area (Å²) in [5, 5.41) is 32.2. The average molecular weight is 252 g/mol. The number of aliphatic hydroxyl groups excluding tert-OH is 2. The molecule has 4 N–H and O–H groups in total. The first-order valence-electron chi connectivity index (χ1n) is 4.31. The van der Waals surface area contributed by atoms with E-state index in [1.807, 2.05) is 0 Å². The quantitative estimate of drug-likeness (QED) is 0.431. The predicted molar refractivity (Wildman–Crippen MR) is 55.6 cm³/mol. The third-order valence-corrected chi connectivity index (χ3v) is 1.46. The number of hydrogen-bond donors (Lipinski definition) is 4. The molecule has 0 unspecified atom stereocenters. The summed E-state index contributed by atoms with van der Waals surface area (Å²) in [5.74, 6) is -2.25.